The lowest BCUT2D eigenvalue weighted by Crippen LogP contribution is -2.10. The molecule has 2 unspecified atom stereocenters. The van der Waals surface area contributed by atoms with Gasteiger partial charge in [-0.3, -0.25) is 4.68 Å². The van der Waals surface area contributed by atoms with Crippen molar-refractivity contribution in [3.63, 3.8) is 0 Å². The standard InChI is InChI=1S/C11H18N2O2/c1-2-11(14)10-5-12-13(7-10)6-9-3-4-15-8-9/h5,7,9,11,14H,2-4,6,8H2,1H3. The maximum atomic E-state index is 9.63. The summed E-state index contributed by atoms with van der Waals surface area (Å²) in [5.41, 5.74) is 0.913. The number of aliphatic hydroxyl groups is 1. The third kappa shape index (κ3) is 2.58. The van der Waals surface area contributed by atoms with Crippen LogP contribution in [0.3, 0.4) is 0 Å². The number of nitrogens with zero attached hydrogens (tertiary/aromatic N) is 2. The van der Waals surface area contributed by atoms with Crippen LogP contribution in [0.4, 0.5) is 0 Å². The van der Waals surface area contributed by atoms with Crippen molar-refractivity contribution in [1.82, 2.24) is 9.78 Å². The third-order valence-corrected chi connectivity index (χ3v) is 2.89. The van der Waals surface area contributed by atoms with E-state index in [-0.39, 0.29) is 6.10 Å². The van der Waals surface area contributed by atoms with Gasteiger partial charge in [-0.15, -0.1) is 0 Å². The van der Waals surface area contributed by atoms with Crippen LogP contribution in [0.5, 0.6) is 0 Å². The fourth-order valence-electron chi connectivity index (χ4n) is 1.88. The Labute approximate surface area is 89.9 Å². The minimum atomic E-state index is -0.376. The van der Waals surface area contributed by atoms with Crippen LogP contribution in [-0.2, 0) is 11.3 Å². The highest BCUT2D eigenvalue weighted by Crippen LogP contribution is 2.18. The van der Waals surface area contributed by atoms with Gasteiger partial charge >= 0.3 is 0 Å². The maximum Gasteiger partial charge on any atom is 0.0817 e. The number of aromatic nitrogens is 2. The van der Waals surface area contributed by atoms with E-state index in [9.17, 15) is 5.11 Å². The molecule has 2 atom stereocenters. The monoisotopic (exact) mass is 210 g/mol. The van der Waals surface area contributed by atoms with Crippen LogP contribution >= 0.6 is 0 Å². The number of hydrogen-bond donors (Lipinski definition) is 1. The smallest absolute Gasteiger partial charge is 0.0817 e. The molecule has 15 heavy (non-hydrogen) atoms. The quantitative estimate of drug-likeness (QED) is 0.816. The molecule has 1 aromatic heterocycles. The van der Waals surface area contributed by atoms with Crippen molar-refractivity contribution in [3.05, 3.63) is 18.0 Å². The van der Waals surface area contributed by atoms with Crippen LogP contribution < -0.4 is 0 Å². The summed E-state index contributed by atoms with van der Waals surface area (Å²) < 4.78 is 7.22. The Hall–Kier alpha value is -0.870. The molecule has 1 saturated heterocycles. The van der Waals surface area contributed by atoms with Gasteiger partial charge in [-0.25, -0.2) is 0 Å². The number of aliphatic hydroxyl groups excluding tert-OH is 1. The zero-order valence-electron chi connectivity index (χ0n) is 9.09. The molecule has 2 rings (SSSR count). The van der Waals surface area contributed by atoms with E-state index in [2.05, 4.69) is 5.10 Å². The van der Waals surface area contributed by atoms with Gasteiger partial charge in [0, 0.05) is 30.8 Å². The van der Waals surface area contributed by atoms with Gasteiger partial charge in [0.15, 0.2) is 0 Å². The van der Waals surface area contributed by atoms with Gasteiger partial charge in [-0.2, -0.15) is 5.10 Å². The summed E-state index contributed by atoms with van der Waals surface area (Å²) in [5.74, 6) is 0.580. The summed E-state index contributed by atoms with van der Waals surface area (Å²) in [5, 5.41) is 13.9. The van der Waals surface area contributed by atoms with Crippen molar-refractivity contribution < 1.29 is 9.84 Å². The predicted octanol–water partition coefficient (Wildman–Crippen LogP) is 1.36. The van der Waals surface area contributed by atoms with E-state index in [0.717, 1.165) is 38.2 Å². The van der Waals surface area contributed by atoms with Crippen molar-refractivity contribution in [2.45, 2.75) is 32.4 Å². The second-order valence-electron chi connectivity index (χ2n) is 4.15. The van der Waals surface area contributed by atoms with E-state index in [0.29, 0.717) is 5.92 Å². The molecule has 0 spiro atoms. The fourth-order valence-corrected chi connectivity index (χ4v) is 1.88. The van der Waals surface area contributed by atoms with E-state index in [1.807, 2.05) is 17.8 Å². The summed E-state index contributed by atoms with van der Waals surface area (Å²) in [7, 11) is 0. The first-order valence-electron chi connectivity index (χ1n) is 5.57. The third-order valence-electron chi connectivity index (χ3n) is 2.89. The maximum absolute atomic E-state index is 9.63. The van der Waals surface area contributed by atoms with E-state index in [4.69, 9.17) is 4.74 Å². The molecule has 0 aliphatic carbocycles. The lowest BCUT2D eigenvalue weighted by molar-refractivity contribution is 0.173. The van der Waals surface area contributed by atoms with Crippen LogP contribution in [0.1, 0.15) is 31.4 Å². The summed E-state index contributed by atoms with van der Waals surface area (Å²) in [6.45, 7) is 4.57. The molecule has 4 nitrogen and oxygen atoms in total. The summed E-state index contributed by atoms with van der Waals surface area (Å²) in [6.07, 6.45) is 5.17. The Morgan fingerprint density at radius 2 is 2.60 bits per heavy atom. The van der Waals surface area contributed by atoms with Gasteiger partial charge in [-0.05, 0) is 12.8 Å². The average molecular weight is 210 g/mol. The Morgan fingerprint density at radius 3 is 3.27 bits per heavy atom. The Bertz CT molecular complexity index is 305. The van der Waals surface area contributed by atoms with E-state index >= 15 is 0 Å². The summed E-state index contributed by atoms with van der Waals surface area (Å²) in [6, 6.07) is 0. The molecule has 0 radical (unpaired) electrons. The van der Waals surface area contributed by atoms with Crippen LogP contribution in [0.15, 0.2) is 12.4 Å². The van der Waals surface area contributed by atoms with Crippen molar-refractivity contribution >= 4 is 0 Å². The first-order chi connectivity index (χ1) is 7.29. The van der Waals surface area contributed by atoms with E-state index in [1.165, 1.54) is 0 Å². The highest BCUT2D eigenvalue weighted by Gasteiger charge is 2.17. The molecule has 1 N–H and O–H groups in total. The lowest BCUT2D eigenvalue weighted by Gasteiger charge is -2.07. The molecule has 4 heteroatoms. The van der Waals surface area contributed by atoms with Gasteiger partial charge in [0.05, 0.1) is 18.9 Å². The molecule has 1 aliphatic rings. The molecule has 1 aromatic rings. The normalized spacial score (nSPS) is 23.2. The predicted molar refractivity (Wildman–Crippen MR) is 56.4 cm³/mol. The minimum absolute atomic E-state index is 0.376. The SMILES string of the molecule is CCC(O)c1cnn(CC2CCOC2)c1. The Balaban J connectivity index is 1.94. The molecule has 84 valence electrons. The van der Waals surface area contributed by atoms with Crippen LogP contribution in [-0.4, -0.2) is 28.1 Å². The van der Waals surface area contributed by atoms with Gasteiger partial charge in [0.2, 0.25) is 0 Å². The largest absolute Gasteiger partial charge is 0.388 e. The van der Waals surface area contributed by atoms with Crippen molar-refractivity contribution in [3.8, 4) is 0 Å². The van der Waals surface area contributed by atoms with Gasteiger partial charge < -0.3 is 9.84 Å². The molecular weight excluding hydrogens is 192 g/mol. The van der Waals surface area contributed by atoms with Crippen LogP contribution in [0, 0.1) is 5.92 Å². The second kappa shape index (κ2) is 4.77. The average Bonchev–Trinajstić information content (AvgIpc) is 2.88. The zero-order chi connectivity index (χ0) is 10.7. The van der Waals surface area contributed by atoms with Crippen LogP contribution in [0.2, 0.25) is 0 Å². The van der Waals surface area contributed by atoms with Crippen LogP contribution in [0.25, 0.3) is 0 Å². The van der Waals surface area contributed by atoms with Gasteiger partial charge in [0.25, 0.3) is 0 Å². The Morgan fingerprint density at radius 1 is 1.73 bits per heavy atom. The van der Waals surface area contributed by atoms with Crippen molar-refractivity contribution in [2.24, 2.45) is 5.92 Å². The number of ether oxygens (including phenoxy) is 1. The molecule has 2 heterocycles. The molecule has 0 amide bonds. The first kappa shape index (κ1) is 10.6. The molecule has 1 fully saturated rings. The Kier molecular flexibility index (Phi) is 3.38. The molecule has 0 saturated carbocycles. The molecular formula is C11H18N2O2. The van der Waals surface area contributed by atoms with E-state index in [1.54, 1.807) is 6.20 Å². The number of hydrogen-bond acceptors (Lipinski definition) is 3. The molecule has 0 bridgehead atoms. The van der Waals surface area contributed by atoms with Crippen molar-refractivity contribution in [1.29, 1.82) is 0 Å². The lowest BCUT2D eigenvalue weighted by atomic mass is 10.1. The van der Waals surface area contributed by atoms with Crippen molar-refractivity contribution in [2.75, 3.05) is 13.2 Å². The highest BCUT2D eigenvalue weighted by molar-refractivity contribution is 5.07. The second-order valence-corrected chi connectivity index (χ2v) is 4.15. The first-order valence-corrected chi connectivity index (χ1v) is 5.57. The van der Waals surface area contributed by atoms with E-state index < -0.39 is 0 Å². The highest BCUT2D eigenvalue weighted by atomic mass is 16.5. The van der Waals surface area contributed by atoms with Gasteiger partial charge in [0.1, 0.15) is 0 Å². The van der Waals surface area contributed by atoms with Gasteiger partial charge in [-0.1, -0.05) is 6.92 Å². The number of rotatable bonds is 4. The molecule has 0 aromatic carbocycles. The summed E-state index contributed by atoms with van der Waals surface area (Å²) >= 11 is 0. The topological polar surface area (TPSA) is 47.3 Å². The molecule has 1 aliphatic heterocycles. The minimum Gasteiger partial charge on any atom is -0.388 e. The zero-order valence-corrected chi connectivity index (χ0v) is 9.09. The fraction of sp³-hybridized carbons (Fsp3) is 0.727. The summed E-state index contributed by atoms with van der Waals surface area (Å²) in [4.78, 5) is 0.